The Morgan fingerprint density at radius 2 is 1.67 bits per heavy atom. The average molecular weight is 139 g/mol. The van der Waals surface area contributed by atoms with Crippen LogP contribution >= 0.6 is 0 Å². The predicted molar refractivity (Wildman–Crippen MR) is 22.0 cm³/mol. The van der Waals surface area contributed by atoms with Gasteiger partial charge in [0.2, 0.25) is 0 Å². The van der Waals surface area contributed by atoms with Crippen molar-refractivity contribution in [2.45, 2.75) is 6.92 Å². The van der Waals surface area contributed by atoms with Gasteiger partial charge in [0.05, 0.1) is 0 Å². The molecule has 32 valence electrons. The summed E-state index contributed by atoms with van der Waals surface area (Å²) in [7, 11) is 0. The molecule has 0 rings (SSSR count). The molecule has 2 nitrogen and oxygen atoms in total. The monoisotopic (exact) mass is 138 g/mol. The topological polar surface area (TPSA) is 40.1 Å². The Morgan fingerprint density at radius 1 is 1.67 bits per heavy atom. The minimum Gasteiger partial charge on any atom is -0.550 e. The van der Waals surface area contributed by atoms with E-state index in [0.29, 0.717) is 0 Å². The van der Waals surface area contributed by atoms with Gasteiger partial charge in [-0.05, 0) is 6.92 Å². The molecule has 0 spiro atoms. The third-order valence-corrected chi connectivity index (χ3v) is 0. The van der Waals surface area contributed by atoms with Crippen LogP contribution in [0.2, 0.25) is 0 Å². The largest absolute Gasteiger partial charge is 2.00 e. The van der Waals surface area contributed by atoms with Crippen molar-refractivity contribution >= 4 is 14.4 Å². The first kappa shape index (κ1) is 16.4. The summed E-state index contributed by atoms with van der Waals surface area (Å²) in [6.07, 6.45) is 0. The van der Waals surface area contributed by atoms with Crippen LogP contribution in [0.15, 0.2) is 0 Å². The Labute approximate surface area is 51.3 Å². The van der Waals surface area contributed by atoms with Crippen molar-refractivity contribution in [2.75, 3.05) is 0 Å². The van der Waals surface area contributed by atoms with E-state index in [1.54, 1.807) is 0 Å². The maximum absolute atomic E-state index is 8.89. The van der Waals surface area contributed by atoms with Gasteiger partial charge in [-0.1, -0.05) is 8.41 Å². The van der Waals surface area contributed by atoms with Crippen LogP contribution in [-0.2, 0) is 24.3 Å². The van der Waals surface area contributed by atoms with Crippen LogP contribution in [0.3, 0.4) is 0 Å². The standard InChI is InChI=1S/C2H4O2.BH4.Zn/c1-2(3)4;;/h1H3,(H,3,4);1H4;/q;-1;+2/p-1. The molecule has 0 aliphatic carbocycles. The van der Waals surface area contributed by atoms with E-state index in [9.17, 15) is 0 Å². The molecule has 0 bridgehead atoms. The molecule has 0 aliphatic heterocycles. The number of carbonyl (C=O) groups excluding carboxylic acids is 1. The number of rotatable bonds is 0. The van der Waals surface area contributed by atoms with Crippen molar-refractivity contribution in [3.05, 3.63) is 0 Å². The summed E-state index contributed by atoms with van der Waals surface area (Å²) < 4.78 is 0. The molecule has 0 amide bonds. The minimum absolute atomic E-state index is 0. The fourth-order valence-electron chi connectivity index (χ4n) is 0. The Hall–Kier alpha value is 0.158. The van der Waals surface area contributed by atoms with Crippen molar-refractivity contribution < 1.29 is 29.4 Å². The summed E-state index contributed by atoms with van der Waals surface area (Å²) in [5.41, 5.74) is 0. The third-order valence-electron chi connectivity index (χ3n) is 0. The Kier molecular flexibility index (Phi) is 24.5. The summed E-state index contributed by atoms with van der Waals surface area (Å²) in [6, 6.07) is 0. The molecule has 0 radical (unpaired) electrons. The van der Waals surface area contributed by atoms with Crippen LogP contribution in [0, 0.1) is 0 Å². The fraction of sp³-hybridized carbons (Fsp3) is 0.500. The fourth-order valence-corrected chi connectivity index (χ4v) is 0. The van der Waals surface area contributed by atoms with Gasteiger partial charge in [-0.15, -0.1) is 0 Å². The quantitative estimate of drug-likeness (QED) is 0.343. The van der Waals surface area contributed by atoms with Crippen molar-refractivity contribution in [3.8, 4) is 0 Å². The molecule has 6 heavy (non-hydrogen) atoms. The first-order valence-corrected chi connectivity index (χ1v) is 0.908. The van der Waals surface area contributed by atoms with E-state index in [1.807, 2.05) is 0 Å². The zero-order valence-electron chi connectivity index (χ0n) is 3.02. The Balaban J connectivity index is -0.0000000450. The first-order valence-electron chi connectivity index (χ1n) is 0.908. The maximum atomic E-state index is 8.89. The minimum atomic E-state index is -1.08. The molecule has 0 saturated carbocycles. The van der Waals surface area contributed by atoms with Crippen LogP contribution in [0.4, 0.5) is 0 Å². The van der Waals surface area contributed by atoms with Crippen LogP contribution in [-0.4, -0.2) is 14.4 Å². The SMILES string of the molecule is CC(=O)[O-].[BH4-].[Zn+2]. The van der Waals surface area contributed by atoms with E-state index in [-0.39, 0.29) is 27.9 Å². The normalized spacial score (nSPS) is 4.17. The second-order valence-corrected chi connectivity index (χ2v) is 0.492. The van der Waals surface area contributed by atoms with Gasteiger partial charge in [0.25, 0.3) is 0 Å². The number of hydrogen-bond acceptors (Lipinski definition) is 2. The van der Waals surface area contributed by atoms with Gasteiger partial charge in [0.15, 0.2) is 0 Å². The summed E-state index contributed by atoms with van der Waals surface area (Å²) in [6.45, 7) is 0.972. The van der Waals surface area contributed by atoms with Gasteiger partial charge >= 0.3 is 19.5 Å². The van der Waals surface area contributed by atoms with E-state index in [2.05, 4.69) is 0 Å². The van der Waals surface area contributed by atoms with Gasteiger partial charge in [-0.3, -0.25) is 0 Å². The predicted octanol–water partition coefficient (Wildman–Crippen LogP) is -2.70. The third kappa shape index (κ3) is 1660. The van der Waals surface area contributed by atoms with Crippen LogP contribution < -0.4 is 5.11 Å². The van der Waals surface area contributed by atoms with Gasteiger partial charge in [-0.2, -0.15) is 0 Å². The zero-order valence-corrected chi connectivity index (χ0v) is 5.99. The zero-order chi connectivity index (χ0) is 3.58. The number of aliphatic carboxylic acids is 1. The van der Waals surface area contributed by atoms with E-state index >= 15 is 0 Å². The smallest absolute Gasteiger partial charge is 0.550 e. The number of carboxylic acids is 1. The molecule has 0 aromatic carbocycles. The number of hydrogen-bond donors (Lipinski definition) is 0. The molecule has 0 saturated heterocycles. The summed E-state index contributed by atoms with van der Waals surface area (Å²) >= 11 is 0. The van der Waals surface area contributed by atoms with Crippen LogP contribution in [0.5, 0.6) is 0 Å². The Morgan fingerprint density at radius 3 is 1.67 bits per heavy atom. The summed E-state index contributed by atoms with van der Waals surface area (Å²) in [4.78, 5) is 8.89. The average Bonchev–Trinajstić information content (AvgIpc) is 0.811. The summed E-state index contributed by atoms with van der Waals surface area (Å²) in [5.74, 6) is -1.08. The van der Waals surface area contributed by atoms with E-state index in [1.165, 1.54) is 0 Å². The van der Waals surface area contributed by atoms with Gasteiger partial charge < -0.3 is 9.90 Å². The molecule has 0 unspecified atom stereocenters. The second kappa shape index (κ2) is 8.94. The van der Waals surface area contributed by atoms with Gasteiger partial charge in [0.1, 0.15) is 0 Å². The van der Waals surface area contributed by atoms with Crippen molar-refractivity contribution in [2.24, 2.45) is 0 Å². The Bertz CT molecular complexity index is 34.5. The molecule has 0 fully saturated rings. The van der Waals surface area contributed by atoms with E-state index < -0.39 is 5.97 Å². The molecule has 0 heterocycles. The molecule has 0 N–H and O–H groups in total. The molecule has 4 heteroatoms. The molecule has 0 aromatic rings. The van der Waals surface area contributed by atoms with Crippen LogP contribution in [0.1, 0.15) is 6.92 Å². The first-order chi connectivity index (χ1) is 1.73. The van der Waals surface area contributed by atoms with E-state index in [4.69, 9.17) is 9.90 Å². The van der Waals surface area contributed by atoms with Crippen molar-refractivity contribution in [3.63, 3.8) is 0 Å². The molecule has 0 atom stereocenters. The number of carbonyl (C=O) groups is 1. The van der Waals surface area contributed by atoms with E-state index in [0.717, 1.165) is 6.92 Å². The maximum Gasteiger partial charge on any atom is 2.00 e. The molecular weight excluding hydrogens is 132 g/mol. The van der Waals surface area contributed by atoms with Gasteiger partial charge in [-0.25, -0.2) is 0 Å². The van der Waals surface area contributed by atoms with Crippen molar-refractivity contribution in [1.29, 1.82) is 0 Å². The van der Waals surface area contributed by atoms with Crippen LogP contribution in [0.25, 0.3) is 0 Å². The van der Waals surface area contributed by atoms with Gasteiger partial charge in [0, 0.05) is 5.97 Å². The summed E-state index contributed by atoms with van der Waals surface area (Å²) in [5, 5.41) is 8.89. The second-order valence-electron chi connectivity index (χ2n) is 0.492. The molecular formula is C2H7BO2Zn. The molecule has 0 aliphatic rings. The molecule has 0 aromatic heterocycles. The van der Waals surface area contributed by atoms with Crippen molar-refractivity contribution in [1.82, 2.24) is 0 Å². The number of carboxylic acid groups (broad SMARTS) is 1.